The molecule has 8 heteroatoms. The highest BCUT2D eigenvalue weighted by Gasteiger charge is 2.19. The van der Waals surface area contributed by atoms with Gasteiger partial charge in [0.1, 0.15) is 17.9 Å². The number of nitrogens with two attached hydrogens (primary N) is 1. The van der Waals surface area contributed by atoms with E-state index in [0.717, 1.165) is 47.1 Å². The topological polar surface area (TPSA) is 125 Å². The predicted octanol–water partition coefficient (Wildman–Crippen LogP) is 5.05. The normalized spacial score (nSPS) is 14.8. The summed E-state index contributed by atoms with van der Waals surface area (Å²) in [6.45, 7) is 2.39. The van der Waals surface area contributed by atoms with Gasteiger partial charge in [-0.15, -0.1) is 0 Å². The van der Waals surface area contributed by atoms with Crippen molar-refractivity contribution in [3.8, 4) is 17.9 Å². The Kier molecular flexibility index (Phi) is 6.01. The molecule has 0 amide bonds. The van der Waals surface area contributed by atoms with Crippen LogP contribution in [-0.2, 0) is 6.54 Å². The number of benzene rings is 3. The van der Waals surface area contributed by atoms with Gasteiger partial charge in [-0.2, -0.15) is 10.5 Å². The van der Waals surface area contributed by atoms with Crippen LogP contribution in [0.3, 0.4) is 0 Å². The third kappa shape index (κ3) is 4.45. The number of pyridine rings is 1. The van der Waals surface area contributed by atoms with E-state index in [-0.39, 0.29) is 6.10 Å². The highest BCUT2D eigenvalue weighted by Crippen LogP contribution is 2.36. The second-order valence-corrected chi connectivity index (χ2v) is 9.45. The van der Waals surface area contributed by atoms with Gasteiger partial charge in [0.05, 0.1) is 34.1 Å². The number of nitrogen functional groups attached to an aromatic ring is 1. The van der Waals surface area contributed by atoms with Crippen LogP contribution in [0.1, 0.15) is 23.1 Å². The molecule has 38 heavy (non-hydrogen) atoms. The highest BCUT2D eigenvalue weighted by atomic mass is 16.5. The first-order valence-electron chi connectivity index (χ1n) is 12.5. The first-order valence-corrected chi connectivity index (χ1v) is 12.5. The summed E-state index contributed by atoms with van der Waals surface area (Å²) in [5.74, 6) is 0.609. The third-order valence-corrected chi connectivity index (χ3v) is 6.88. The van der Waals surface area contributed by atoms with Crippen LogP contribution in [0.4, 0.5) is 17.1 Å². The summed E-state index contributed by atoms with van der Waals surface area (Å²) in [6, 6.07) is 23.9. The fourth-order valence-corrected chi connectivity index (χ4v) is 4.96. The summed E-state index contributed by atoms with van der Waals surface area (Å²) < 4.78 is 8.26. The van der Waals surface area contributed by atoms with Gasteiger partial charge >= 0.3 is 0 Å². The van der Waals surface area contributed by atoms with E-state index in [2.05, 4.69) is 50.5 Å². The van der Waals surface area contributed by atoms with Gasteiger partial charge in [0.15, 0.2) is 0 Å². The molecule has 1 aliphatic heterocycles. The minimum Gasteiger partial charge on any atom is -0.487 e. The molecule has 4 N–H and O–H groups in total. The quantitative estimate of drug-likeness (QED) is 0.279. The van der Waals surface area contributed by atoms with E-state index in [9.17, 15) is 10.5 Å². The van der Waals surface area contributed by atoms with Crippen molar-refractivity contribution in [2.45, 2.75) is 19.1 Å². The zero-order valence-electron chi connectivity index (χ0n) is 20.6. The zero-order valence-corrected chi connectivity index (χ0v) is 20.6. The Morgan fingerprint density at radius 3 is 2.84 bits per heavy atom. The molecule has 1 saturated heterocycles. The lowest BCUT2D eigenvalue weighted by atomic mass is 10.1. The number of hydrogen-bond donors (Lipinski definition) is 3. The number of nitriles is 2. The molecule has 3 aromatic carbocycles. The standard InChI is InChI=1S/C30H25N7O/c31-14-19-2-1-3-20(10-19)18-37-9-7-21-11-23(4-5-28(21)37)36-30-22(15-32)16-35-27-13-29(26(33)12-25(27)30)38-24-6-8-34-17-24/h1-5,7,9-13,16,24,34H,6,8,17-18,33H2,(H,35,36). The van der Waals surface area contributed by atoms with Gasteiger partial charge in [-0.05, 0) is 61.0 Å². The lowest BCUT2D eigenvalue weighted by Crippen LogP contribution is -2.20. The monoisotopic (exact) mass is 499 g/mol. The van der Waals surface area contributed by atoms with Crippen LogP contribution in [0.5, 0.6) is 5.75 Å². The van der Waals surface area contributed by atoms with Gasteiger partial charge < -0.3 is 25.7 Å². The number of nitrogens with zero attached hydrogens (tertiary/aromatic N) is 4. The van der Waals surface area contributed by atoms with E-state index >= 15 is 0 Å². The van der Waals surface area contributed by atoms with Gasteiger partial charge in [-0.25, -0.2) is 0 Å². The van der Waals surface area contributed by atoms with Crippen LogP contribution in [0, 0.1) is 22.7 Å². The Morgan fingerprint density at radius 2 is 2.03 bits per heavy atom. The largest absolute Gasteiger partial charge is 0.487 e. The molecular weight excluding hydrogens is 474 g/mol. The zero-order chi connectivity index (χ0) is 26.1. The van der Waals surface area contributed by atoms with Crippen LogP contribution in [0.2, 0.25) is 0 Å². The summed E-state index contributed by atoms with van der Waals surface area (Å²) >= 11 is 0. The fraction of sp³-hybridized carbons (Fsp3) is 0.167. The Hall–Kier alpha value is -5.05. The average molecular weight is 500 g/mol. The first-order chi connectivity index (χ1) is 18.6. The Labute approximate surface area is 219 Å². The van der Waals surface area contributed by atoms with Crippen LogP contribution >= 0.6 is 0 Å². The van der Waals surface area contributed by atoms with Gasteiger partial charge in [-0.1, -0.05) is 12.1 Å². The maximum atomic E-state index is 9.81. The van der Waals surface area contributed by atoms with E-state index in [0.29, 0.717) is 40.3 Å². The summed E-state index contributed by atoms with van der Waals surface area (Å²) in [7, 11) is 0. The van der Waals surface area contributed by atoms with E-state index in [4.69, 9.17) is 10.5 Å². The molecule has 1 aliphatic rings. The maximum absolute atomic E-state index is 9.81. The summed E-state index contributed by atoms with van der Waals surface area (Å²) in [6.07, 6.45) is 4.63. The predicted molar refractivity (Wildman–Crippen MR) is 148 cm³/mol. The van der Waals surface area contributed by atoms with Crippen molar-refractivity contribution in [1.82, 2.24) is 14.9 Å². The molecule has 0 spiro atoms. The molecule has 5 aromatic rings. The van der Waals surface area contributed by atoms with Gasteiger partial charge in [0, 0.05) is 53.5 Å². The van der Waals surface area contributed by atoms with Crippen LogP contribution < -0.4 is 21.1 Å². The fourth-order valence-electron chi connectivity index (χ4n) is 4.96. The second kappa shape index (κ2) is 9.78. The molecule has 0 radical (unpaired) electrons. The number of ether oxygens (including phenoxy) is 1. The molecule has 1 unspecified atom stereocenters. The minimum absolute atomic E-state index is 0.0834. The van der Waals surface area contributed by atoms with Crippen molar-refractivity contribution in [2.75, 3.05) is 24.1 Å². The highest BCUT2D eigenvalue weighted by molar-refractivity contribution is 5.99. The maximum Gasteiger partial charge on any atom is 0.144 e. The summed E-state index contributed by atoms with van der Waals surface area (Å²) in [5, 5.41) is 27.5. The van der Waals surface area contributed by atoms with Crippen molar-refractivity contribution in [1.29, 1.82) is 10.5 Å². The molecule has 1 atom stereocenters. The van der Waals surface area contributed by atoms with Crippen molar-refractivity contribution in [3.05, 3.63) is 89.7 Å². The van der Waals surface area contributed by atoms with Crippen molar-refractivity contribution in [2.24, 2.45) is 0 Å². The number of rotatable bonds is 6. The third-order valence-electron chi connectivity index (χ3n) is 6.88. The average Bonchev–Trinajstić information content (AvgIpc) is 3.59. The molecule has 0 bridgehead atoms. The number of hydrogen-bond acceptors (Lipinski definition) is 7. The molecule has 6 rings (SSSR count). The Morgan fingerprint density at radius 1 is 1.11 bits per heavy atom. The molecule has 186 valence electrons. The van der Waals surface area contributed by atoms with Crippen molar-refractivity contribution < 1.29 is 4.74 Å². The Balaban J connectivity index is 1.31. The van der Waals surface area contributed by atoms with E-state index in [1.165, 1.54) is 0 Å². The molecule has 8 nitrogen and oxygen atoms in total. The number of anilines is 3. The number of nitrogens with one attached hydrogen (secondary N) is 2. The van der Waals surface area contributed by atoms with Crippen LogP contribution in [-0.4, -0.2) is 28.7 Å². The van der Waals surface area contributed by atoms with Gasteiger partial charge in [0.25, 0.3) is 0 Å². The van der Waals surface area contributed by atoms with E-state index in [1.807, 2.05) is 48.7 Å². The molecule has 2 aromatic heterocycles. The lowest BCUT2D eigenvalue weighted by Gasteiger charge is -2.17. The SMILES string of the molecule is N#Cc1cccc(Cn2ccc3cc(Nc4c(C#N)cnc5cc(OC6CCNC6)c(N)cc45)ccc32)c1. The smallest absolute Gasteiger partial charge is 0.144 e. The lowest BCUT2D eigenvalue weighted by molar-refractivity contribution is 0.224. The Bertz CT molecular complexity index is 1750. The number of fused-ring (bicyclic) bond motifs is 2. The van der Waals surface area contributed by atoms with E-state index in [1.54, 1.807) is 6.20 Å². The molecule has 3 heterocycles. The second-order valence-electron chi connectivity index (χ2n) is 9.45. The van der Waals surface area contributed by atoms with E-state index < -0.39 is 0 Å². The molecular formula is C30H25N7O. The summed E-state index contributed by atoms with van der Waals surface area (Å²) in [5.41, 5.74) is 12.3. The minimum atomic E-state index is 0.0834. The van der Waals surface area contributed by atoms with Crippen LogP contribution in [0.15, 0.2) is 73.1 Å². The van der Waals surface area contributed by atoms with Crippen LogP contribution in [0.25, 0.3) is 21.8 Å². The molecule has 1 fully saturated rings. The van der Waals surface area contributed by atoms with Crippen molar-refractivity contribution in [3.63, 3.8) is 0 Å². The van der Waals surface area contributed by atoms with Gasteiger partial charge in [0.2, 0.25) is 0 Å². The summed E-state index contributed by atoms with van der Waals surface area (Å²) in [4.78, 5) is 4.50. The van der Waals surface area contributed by atoms with Gasteiger partial charge in [-0.3, -0.25) is 4.98 Å². The molecule has 0 saturated carbocycles. The molecule has 0 aliphatic carbocycles. The number of aromatic nitrogens is 2. The first kappa shape index (κ1) is 23.4. The van der Waals surface area contributed by atoms with Crippen molar-refractivity contribution >= 4 is 38.9 Å².